The van der Waals surface area contributed by atoms with E-state index in [0.717, 1.165) is 19.5 Å². The van der Waals surface area contributed by atoms with E-state index in [1.54, 1.807) is 0 Å². The summed E-state index contributed by atoms with van der Waals surface area (Å²) in [6, 6.07) is 18.3. The maximum absolute atomic E-state index is 2.55. The van der Waals surface area contributed by atoms with Gasteiger partial charge in [-0.3, -0.25) is 4.90 Å². The summed E-state index contributed by atoms with van der Waals surface area (Å²) in [5, 5.41) is 0. The van der Waals surface area contributed by atoms with Crippen LogP contribution in [0.4, 0.5) is 0 Å². The third-order valence-electron chi connectivity index (χ3n) is 4.09. The summed E-state index contributed by atoms with van der Waals surface area (Å²) in [4.78, 5) is 2.55. The maximum atomic E-state index is 2.55. The van der Waals surface area contributed by atoms with E-state index in [1.807, 2.05) is 0 Å². The molecule has 3 rings (SSSR count). The molecule has 0 atom stereocenters. The number of nitrogens with zero attached hydrogens (tertiary/aromatic N) is 1. The minimum absolute atomic E-state index is 0.569. The zero-order valence-corrected chi connectivity index (χ0v) is 11.8. The van der Waals surface area contributed by atoms with Crippen LogP contribution in [-0.4, -0.2) is 10.9 Å². The molecule has 98 valence electrons. The first kappa shape index (κ1) is 12.4. The Morgan fingerprint density at radius 1 is 0.737 bits per heavy atom. The fourth-order valence-electron chi connectivity index (χ4n) is 2.83. The second-order valence-electron chi connectivity index (χ2n) is 5.71. The van der Waals surface area contributed by atoms with Crippen molar-refractivity contribution >= 4 is 0 Å². The summed E-state index contributed by atoms with van der Waals surface area (Å²) in [5.74, 6) is 0. The van der Waals surface area contributed by atoms with Gasteiger partial charge in [-0.05, 0) is 42.5 Å². The van der Waals surface area contributed by atoms with E-state index in [0.29, 0.717) is 6.04 Å². The molecule has 0 aromatic heterocycles. The quantitative estimate of drug-likeness (QED) is 0.740. The van der Waals surface area contributed by atoms with Crippen molar-refractivity contribution < 1.29 is 0 Å². The SMILES string of the molecule is CC(C)N1Cc2ccccc2Cc2ccccc2C1. The van der Waals surface area contributed by atoms with Crippen LogP contribution in [0.25, 0.3) is 0 Å². The molecule has 1 aliphatic rings. The molecule has 1 heterocycles. The third-order valence-corrected chi connectivity index (χ3v) is 4.09. The number of hydrogen-bond donors (Lipinski definition) is 0. The van der Waals surface area contributed by atoms with Crippen LogP contribution < -0.4 is 0 Å². The van der Waals surface area contributed by atoms with Crippen molar-refractivity contribution in [3.05, 3.63) is 70.8 Å². The zero-order valence-electron chi connectivity index (χ0n) is 11.8. The van der Waals surface area contributed by atoms with Crippen molar-refractivity contribution in [3.63, 3.8) is 0 Å². The van der Waals surface area contributed by atoms with Crippen molar-refractivity contribution in [1.82, 2.24) is 4.90 Å². The van der Waals surface area contributed by atoms with E-state index in [2.05, 4.69) is 67.3 Å². The highest BCUT2D eigenvalue weighted by Gasteiger charge is 2.18. The minimum atomic E-state index is 0.569. The van der Waals surface area contributed by atoms with Crippen LogP contribution >= 0.6 is 0 Å². The van der Waals surface area contributed by atoms with Gasteiger partial charge in [0.1, 0.15) is 0 Å². The Kier molecular flexibility index (Phi) is 3.39. The predicted molar refractivity (Wildman–Crippen MR) is 80.1 cm³/mol. The zero-order chi connectivity index (χ0) is 13.2. The molecular weight excluding hydrogens is 230 g/mol. The van der Waals surface area contributed by atoms with Crippen molar-refractivity contribution in [2.45, 2.75) is 39.4 Å². The lowest BCUT2D eigenvalue weighted by Gasteiger charge is -2.30. The predicted octanol–water partition coefficient (Wildman–Crippen LogP) is 4.00. The lowest BCUT2D eigenvalue weighted by Crippen LogP contribution is -2.31. The van der Waals surface area contributed by atoms with Crippen molar-refractivity contribution in [3.8, 4) is 0 Å². The van der Waals surface area contributed by atoms with E-state index in [1.165, 1.54) is 22.3 Å². The van der Waals surface area contributed by atoms with Crippen molar-refractivity contribution in [2.75, 3.05) is 0 Å². The molecule has 0 saturated carbocycles. The Morgan fingerprint density at radius 2 is 1.16 bits per heavy atom. The maximum Gasteiger partial charge on any atom is 0.0242 e. The summed E-state index contributed by atoms with van der Waals surface area (Å²) in [7, 11) is 0. The lowest BCUT2D eigenvalue weighted by atomic mass is 9.93. The number of rotatable bonds is 1. The molecule has 0 amide bonds. The molecule has 0 aliphatic carbocycles. The largest absolute Gasteiger partial charge is 0.292 e. The van der Waals surface area contributed by atoms with Gasteiger partial charge in [-0.25, -0.2) is 0 Å². The molecule has 1 nitrogen and oxygen atoms in total. The molecule has 0 N–H and O–H groups in total. The highest BCUT2D eigenvalue weighted by molar-refractivity contribution is 5.38. The van der Waals surface area contributed by atoms with Crippen LogP contribution in [0.2, 0.25) is 0 Å². The van der Waals surface area contributed by atoms with Gasteiger partial charge < -0.3 is 0 Å². The van der Waals surface area contributed by atoms with Crippen LogP contribution in [0.3, 0.4) is 0 Å². The normalized spacial score (nSPS) is 15.5. The average molecular weight is 251 g/mol. The van der Waals surface area contributed by atoms with E-state index >= 15 is 0 Å². The Bertz CT molecular complexity index is 524. The molecule has 19 heavy (non-hydrogen) atoms. The fourth-order valence-corrected chi connectivity index (χ4v) is 2.83. The minimum Gasteiger partial charge on any atom is -0.292 e. The molecule has 2 aromatic rings. The van der Waals surface area contributed by atoms with Crippen molar-refractivity contribution in [1.29, 1.82) is 0 Å². The van der Waals surface area contributed by atoms with Gasteiger partial charge in [-0.15, -0.1) is 0 Å². The van der Waals surface area contributed by atoms with Gasteiger partial charge in [-0.2, -0.15) is 0 Å². The number of hydrogen-bond acceptors (Lipinski definition) is 1. The van der Waals surface area contributed by atoms with Gasteiger partial charge in [0.25, 0.3) is 0 Å². The second kappa shape index (κ2) is 5.18. The van der Waals surface area contributed by atoms with Gasteiger partial charge in [0.05, 0.1) is 0 Å². The highest BCUT2D eigenvalue weighted by atomic mass is 15.1. The van der Waals surface area contributed by atoms with Crippen LogP contribution in [0, 0.1) is 0 Å². The summed E-state index contributed by atoms with van der Waals surface area (Å²) < 4.78 is 0. The lowest BCUT2D eigenvalue weighted by molar-refractivity contribution is 0.201. The Balaban J connectivity index is 2.07. The molecule has 0 bridgehead atoms. The first-order valence-electron chi connectivity index (χ1n) is 7.11. The van der Waals surface area contributed by atoms with E-state index in [9.17, 15) is 0 Å². The van der Waals surface area contributed by atoms with Gasteiger partial charge in [0.2, 0.25) is 0 Å². The first-order chi connectivity index (χ1) is 9.24. The molecule has 0 unspecified atom stereocenters. The van der Waals surface area contributed by atoms with Crippen molar-refractivity contribution in [2.24, 2.45) is 0 Å². The van der Waals surface area contributed by atoms with Gasteiger partial charge in [0, 0.05) is 19.1 Å². The topological polar surface area (TPSA) is 3.24 Å². The first-order valence-corrected chi connectivity index (χ1v) is 7.11. The van der Waals surface area contributed by atoms with Gasteiger partial charge in [-0.1, -0.05) is 48.5 Å². The molecule has 0 spiro atoms. The molecular formula is C18H21N. The number of fused-ring (bicyclic) bond motifs is 2. The van der Waals surface area contributed by atoms with Crippen LogP contribution in [0.5, 0.6) is 0 Å². The monoisotopic (exact) mass is 251 g/mol. The Hall–Kier alpha value is -1.60. The standard InChI is InChI=1S/C18H21N/c1-14(2)19-12-17-9-5-3-7-15(17)11-16-8-4-6-10-18(16)13-19/h3-10,14H,11-13H2,1-2H3. The summed E-state index contributed by atoms with van der Waals surface area (Å²) in [6.45, 7) is 6.68. The smallest absolute Gasteiger partial charge is 0.0242 e. The van der Waals surface area contributed by atoms with Gasteiger partial charge >= 0.3 is 0 Å². The fraction of sp³-hybridized carbons (Fsp3) is 0.333. The van der Waals surface area contributed by atoms with E-state index in [4.69, 9.17) is 0 Å². The Morgan fingerprint density at radius 3 is 1.58 bits per heavy atom. The molecule has 0 saturated heterocycles. The van der Waals surface area contributed by atoms with E-state index in [-0.39, 0.29) is 0 Å². The molecule has 2 aromatic carbocycles. The third kappa shape index (κ3) is 2.57. The number of benzene rings is 2. The highest BCUT2D eigenvalue weighted by Crippen LogP contribution is 2.25. The molecule has 1 aliphatic heterocycles. The molecule has 1 heteroatoms. The van der Waals surface area contributed by atoms with Crippen LogP contribution in [0.1, 0.15) is 36.1 Å². The second-order valence-corrected chi connectivity index (χ2v) is 5.71. The summed E-state index contributed by atoms with van der Waals surface area (Å²) in [6.07, 6.45) is 1.07. The molecule has 0 fully saturated rings. The molecule has 0 radical (unpaired) electrons. The van der Waals surface area contributed by atoms with E-state index < -0.39 is 0 Å². The Labute approximate surface area is 115 Å². The summed E-state index contributed by atoms with van der Waals surface area (Å²) in [5.41, 5.74) is 5.90. The van der Waals surface area contributed by atoms with Gasteiger partial charge in [0.15, 0.2) is 0 Å². The van der Waals surface area contributed by atoms with Crippen LogP contribution in [0.15, 0.2) is 48.5 Å². The average Bonchev–Trinajstić information content (AvgIpc) is 2.38. The van der Waals surface area contributed by atoms with Crippen LogP contribution in [-0.2, 0) is 19.5 Å². The summed E-state index contributed by atoms with van der Waals surface area (Å²) >= 11 is 0.